The van der Waals surface area contributed by atoms with Crippen molar-refractivity contribution in [3.05, 3.63) is 52.8 Å². The zero-order chi connectivity index (χ0) is 19.1. The van der Waals surface area contributed by atoms with Crippen molar-refractivity contribution >= 4 is 15.6 Å². The van der Waals surface area contributed by atoms with E-state index in [1.54, 1.807) is 0 Å². The van der Waals surface area contributed by atoms with Crippen LogP contribution in [-0.4, -0.2) is 54.8 Å². The summed E-state index contributed by atoms with van der Waals surface area (Å²) >= 11 is 0. The Hall–Kier alpha value is -1.92. The standard InChI is InChI=1S/C20H26N2O3S/c1-14-5-7-17(8-6-14)22-15(2)11-19(16(22)3)20(23)12-21(4)18-9-10-26(24,25)13-18/h5-8,11,18H,9-10,12-13H2,1-4H3. The third kappa shape index (κ3) is 3.76. The summed E-state index contributed by atoms with van der Waals surface area (Å²) in [6.07, 6.45) is 0.606. The van der Waals surface area contributed by atoms with Crippen LogP contribution in [-0.2, 0) is 9.84 Å². The van der Waals surface area contributed by atoms with E-state index in [1.807, 2.05) is 38.8 Å². The Morgan fingerprint density at radius 1 is 1.19 bits per heavy atom. The molecule has 1 aliphatic rings. The Labute approximate surface area is 155 Å². The molecule has 5 nitrogen and oxygen atoms in total. The molecular formula is C20H26N2O3S. The highest BCUT2D eigenvalue weighted by Crippen LogP contribution is 2.23. The summed E-state index contributed by atoms with van der Waals surface area (Å²) in [5, 5.41) is 0. The fourth-order valence-electron chi connectivity index (χ4n) is 3.70. The van der Waals surface area contributed by atoms with Gasteiger partial charge in [-0.2, -0.15) is 0 Å². The molecule has 26 heavy (non-hydrogen) atoms. The monoisotopic (exact) mass is 374 g/mol. The molecule has 2 heterocycles. The number of aromatic nitrogens is 1. The molecule has 0 aliphatic carbocycles. The number of sulfone groups is 1. The van der Waals surface area contributed by atoms with Crippen LogP contribution in [0.1, 0.15) is 33.7 Å². The first kappa shape index (κ1) is 18.9. The van der Waals surface area contributed by atoms with Gasteiger partial charge in [0.25, 0.3) is 0 Å². The van der Waals surface area contributed by atoms with Crippen LogP contribution in [0.3, 0.4) is 0 Å². The van der Waals surface area contributed by atoms with Gasteiger partial charge in [-0.25, -0.2) is 8.42 Å². The third-order valence-corrected chi connectivity index (χ3v) is 7.00. The van der Waals surface area contributed by atoms with Crippen LogP contribution < -0.4 is 0 Å². The highest BCUT2D eigenvalue weighted by Gasteiger charge is 2.31. The van der Waals surface area contributed by atoms with Gasteiger partial charge in [-0.3, -0.25) is 9.69 Å². The van der Waals surface area contributed by atoms with E-state index in [0.29, 0.717) is 12.0 Å². The van der Waals surface area contributed by atoms with E-state index in [9.17, 15) is 13.2 Å². The minimum absolute atomic E-state index is 0.0308. The quantitative estimate of drug-likeness (QED) is 0.755. The average Bonchev–Trinajstić information content (AvgIpc) is 3.08. The molecule has 1 aromatic carbocycles. The molecule has 0 saturated carbocycles. The number of benzene rings is 1. The van der Waals surface area contributed by atoms with Gasteiger partial charge in [0.05, 0.1) is 18.1 Å². The molecule has 1 saturated heterocycles. The van der Waals surface area contributed by atoms with Gasteiger partial charge in [0, 0.05) is 28.7 Å². The molecule has 0 radical (unpaired) electrons. The summed E-state index contributed by atoms with van der Waals surface area (Å²) in [6.45, 7) is 6.24. The molecule has 1 unspecified atom stereocenters. The molecule has 1 aromatic heterocycles. The summed E-state index contributed by atoms with van der Waals surface area (Å²) in [5.74, 6) is 0.403. The van der Waals surface area contributed by atoms with Crippen molar-refractivity contribution in [2.75, 3.05) is 25.1 Å². The first-order valence-corrected chi connectivity index (χ1v) is 10.7. The van der Waals surface area contributed by atoms with Crippen molar-refractivity contribution in [1.29, 1.82) is 0 Å². The zero-order valence-electron chi connectivity index (χ0n) is 15.8. The lowest BCUT2D eigenvalue weighted by atomic mass is 10.1. The van der Waals surface area contributed by atoms with Gasteiger partial charge in [0.2, 0.25) is 0 Å². The second kappa shape index (κ2) is 7.00. The lowest BCUT2D eigenvalue weighted by Crippen LogP contribution is -2.36. The smallest absolute Gasteiger partial charge is 0.178 e. The first-order chi connectivity index (χ1) is 12.2. The van der Waals surface area contributed by atoms with Gasteiger partial charge in [-0.15, -0.1) is 0 Å². The number of likely N-dealkylation sites (N-methyl/N-ethyl adjacent to an activating group) is 1. The molecular weight excluding hydrogens is 348 g/mol. The highest BCUT2D eigenvalue weighted by atomic mass is 32.2. The Kier molecular flexibility index (Phi) is 5.08. The molecule has 0 N–H and O–H groups in total. The number of Topliss-reactive ketones (excluding diaryl/α,β-unsaturated/α-hetero) is 1. The summed E-state index contributed by atoms with van der Waals surface area (Å²) in [4.78, 5) is 14.7. The predicted octanol–water partition coefficient (Wildman–Crippen LogP) is 2.70. The zero-order valence-corrected chi connectivity index (χ0v) is 16.6. The summed E-state index contributed by atoms with van der Waals surface area (Å²) in [7, 11) is -1.11. The maximum Gasteiger partial charge on any atom is 0.178 e. The number of hydrogen-bond donors (Lipinski definition) is 0. The number of rotatable bonds is 5. The van der Waals surface area contributed by atoms with Crippen molar-refractivity contribution in [3.8, 4) is 5.69 Å². The highest BCUT2D eigenvalue weighted by molar-refractivity contribution is 7.91. The number of nitrogens with zero attached hydrogens (tertiary/aromatic N) is 2. The van der Waals surface area contributed by atoms with Gasteiger partial charge in [-0.05, 0) is 52.4 Å². The van der Waals surface area contributed by atoms with E-state index in [4.69, 9.17) is 0 Å². The normalized spacial score (nSPS) is 19.2. The van der Waals surface area contributed by atoms with Crippen molar-refractivity contribution in [2.45, 2.75) is 33.2 Å². The van der Waals surface area contributed by atoms with E-state index < -0.39 is 9.84 Å². The Morgan fingerprint density at radius 3 is 2.42 bits per heavy atom. The molecule has 0 spiro atoms. The topological polar surface area (TPSA) is 59.4 Å². The summed E-state index contributed by atoms with van der Waals surface area (Å²) < 4.78 is 25.4. The Morgan fingerprint density at radius 2 is 1.85 bits per heavy atom. The number of ketones is 1. The maximum atomic E-state index is 12.8. The van der Waals surface area contributed by atoms with E-state index >= 15 is 0 Å². The first-order valence-electron chi connectivity index (χ1n) is 8.88. The van der Waals surface area contributed by atoms with Crippen LogP contribution in [0.5, 0.6) is 0 Å². The number of carbonyl (C=O) groups is 1. The molecule has 3 rings (SSSR count). The van der Waals surface area contributed by atoms with Crippen LogP contribution >= 0.6 is 0 Å². The molecule has 140 valence electrons. The van der Waals surface area contributed by atoms with Gasteiger partial charge in [-0.1, -0.05) is 17.7 Å². The lowest BCUT2D eigenvalue weighted by Gasteiger charge is -2.22. The van der Waals surface area contributed by atoms with E-state index in [1.165, 1.54) is 5.56 Å². The van der Waals surface area contributed by atoms with E-state index in [0.717, 1.165) is 17.1 Å². The number of aryl methyl sites for hydroxylation is 2. The second-order valence-corrected chi connectivity index (χ2v) is 9.58. The molecule has 1 aliphatic heterocycles. The SMILES string of the molecule is Cc1ccc(-n2c(C)cc(C(=O)CN(C)C3CCS(=O)(=O)C3)c2C)cc1. The van der Waals surface area contributed by atoms with Gasteiger partial charge in [0.15, 0.2) is 15.6 Å². The summed E-state index contributed by atoms with van der Waals surface area (Å²) in [5.41, 5.74) is 4.88. The minimum atomic E-state index is -2.95. The van der Waals surface area contributed by atoms with Gasteiger partial charge < -0.3 is 4.57 Å². The van der Waals surface area contributed by atoms with Crippen LogP contribution in [0.25, 0.3) is 5.69 Å². The van der Waals surface area contributed by atoms with Crippen molar-refractivity contribution in [3.63, 3.8) is 0 Å². The molecule has 2 aromatic rings. The number of carbonyl (C=O) groups excluding carboxylic acids is 1. The summed E-state index contributed by atoms with van der Waals surface area (Å²) in [6, 6.07) is 10.1. The Balaban J connectivity index is 1.80. The Bertz CT molecular complexity index is 927. The largest absolute Gasteiger partial charge is 0.318 e. The fraction of sp³-hybridized carbons (Fsp3) is 0.450. The molecule has 6 heteroatoms. The molecule has 1 fully saturated rings. The van der Waals surface area contributed by atoms with Crippen LogP contribution in [0, 0.1) is 20.8 Å². The molecule has 0 amide bonds. The predicted molar refractivity (Wildman–Crippen MR) is 104 cm³/mol. The van der Waals surface area contributed by atoms with Gasteiger partial charge >= 0.3 is 0 Å². The second-order valence-electron chi connectivity index (χ2n) is 7.35. The van der Waals surface area contributed by atoms with E-state index in [-0.39, 0.29) is 29.9 Å². The van der Waals surface area contributed by atoms with Crippen molar-refractivity contribution in [1.82, 2.24) is 9.47 Å². The van der Waals surface area contributed by atoms with Crippen molar-refractivity contribution in [2.24, 2.45) is 0 Å². The number of hydrogen-bond acceptors (Lipinski definition) is 4. The van der Waals surface area contributed by atoms with Crippen LogP contribution in [0.15, 0.2) is 30.3 Å². The fourth-order valence-corrected chi connectivity index (χ4v) is 5.51. The van der Waals surface area contributed by atoms with E-state index in [2.05, 4.69) is 28.8 Å². The molecule has 1 atom stereocenters. The van der Waals surface area contributed by atoms with Crippen LogP contribution in [0.2, 0.25) is 0 Å². The lowest BCUT2D eigenvalue weighted by molar-refractivity contribution is 0.0926. The maximum absolute atomic E-state index is 12.8. The van der Waals surface area contributed by atoms with Crippen LogP contribution in [0.4, 0.5) is 0 Å². The average molecular weight is 375 g/mol. The molecule has 0 bridgehead atoms. The third-order valence-electron chi connectivity index (χ3n) is 5.25. The van der Waals surface area contributed by atoms with Gasteiger partial charge in [0.1, 0.15) is 0 Å². The minimum Gasteiger partial charge on any atom is -0.318 e. The van der Waals surface area contributed by atoms with Crippen molar-refractivity contribution < 1.29 is 13.2 Å².